The van der Waals surface area contributed by atoms with E-state index in [1.807, 2.05) is 0 Å². The summed E-state index contributed by atoms with van der Waals surface area (Å²) < 4.78 is 6.56. The van der Waals surface area contributed by atoms with Gasteiger partial charge in [0.15, 0.2) is 11.4 Å². The molecule has 2 atom stereocenters. The first-order valence-electron chi connectivity index (χ1n) is 6.95. The second kappa shape index (κ2) is 4.19. The number of nitriles is 1. The normalized spacial score (nSPS) is 27.5. The van der Waals surface area contributed by atoms with Crippen LogP contribution in [0.5, 0.6) is 0 Å². The molecule has 1 N–H and O–H groups in total. The van der Waals surface area contributed by atoms with Gasteiger partial charge in [0.05, 0.1) is 12.2 Å². The first-order chi connectivity index (χ1) is 10.4. The van der Waals surface area contributed by atoms with Gasteiger partial charge in [-0.25, -0.2) is 9.79 Å². The number of esters is 1. The van der Waals surface area contributed by atoms with E-state index in [9.17, 15) is 20.0 Å². The Morgan fingerprint density at radius 3 is 2.77 bits per heavy atom. The molecule has 7 nitrogen and oxygen atoms in total. The third-order valence-electron chi connectivity index (χ3n) is 4.73. The van der Waals surface area contributed by atoms with Gasteiger partial charge in [-0.1, -0.05) is 0 Å². The molecule has 0 bridgehead atoms. The van der Waals surface area contributed by atoms with E-state index in [1.54, 1.807) is 20.8 Å². The summed E-state index contributed by atoms with van der Waals surface area (Å²) in [5, 5.41) is 19.1. The summed E-state index contributed by atoms with van der Waals surface area (Å²) in [6, 6.07) is 2.06. The second-order valence-electron chi connectivity index (χ2n) is 5.65. The van der Waals surface area contributed by atoms with Crippen molar-refractivity contribution in [2.75, 3.05) is 6.61 Å². The molecule has 1 saturated carbocycles. The minimum absolute atomic E-state index is 0.0878. The molecule has 1 fully saturated rings. The fourth-order valence-electron chi connectivity index (χ4n) is 3.39. The van der Waals surface area contributed by atoms with Crippen molar-refractivity contribution in [1.82, 2.24) is 4.57 Å². The first-order valence-corrected chi connectivity index (χ1v) is 6.95. The number of ether oxygens (including phenoxy) is 1. The van der Waals surface area contributed by atoms with E-state index in [-0.39, 0.29) is 13.0 Å². The number of carboxylic acids is 1. The maximum Gasteiger partial charge on any atom is 0.331 e. The molecule has 0 aromatic carbocycles. The van der Waals surface area contributed by atoms with Crippen molar-refractivity contribution in [2.24, 2.45) is 10.4 Å². The van der Waals surface area contributed by atoms with E-state index in [1.165, 1.54) is 10.8 Å². The van der Waals surface area contributed by atoms with E-state index < -0.39 is 22.9 Å². The van der Waals surface area contributed by atoms with Gasteiger partial charge in [0, 0.05) is 18.3 Å². The van der Waals surface area contributed by atoms with Gasteiger partial charge >= 0.3 is 11.9 Å². The highest BCUT2D eigenvalue weighted by molar-refractivity contribution is 6.10. The zero-order chi connectivity index (χ0) is 16.3. The quantitative estimate of drug-likeness (QED) is 0.850. The lowest BCUT2D eigenvalue weighted by atomic mass is 9.99. The number of aliphatic imine (C=N–C) groups is 1. The van der Waals surface area contributed by atoms with Crippen LogP contribution in [0.15, 0.2) is 4.99 Å². The first kappa shape index (κ1) is 14.3. The maximum absolute atomic E-state index is 12.3. The Morgan fingerprint density at radius 1 is 1.55 bits per heavy atom. The highest BCUT2D eigenvalue weighted by atomic mass is 16.5. The lowest BCUT2D eigenvalue weighted by Gasteiger charge is -2.26. The van der Waals surface area contributed by atoms with Crippen molar-refractivity contribution >= 4 is 24.0 Å². The Morgan fingerprint density at radius 2 is 2.23 bits per heavy atom. The number of aromatic nitrogens is 1. The molecule has 2 unspecified atom stereocenters. The number of aliphatic carboxylic acids is 1. The number of hydrogen-bond donors (Lipinski definition) is 1. The van der Waals surface area contributed by atoms with Crippen LogP contribution in [0.2, 0.25) is 0 Å². The van der Waals surface area contributed by atoms with Crippen LogP contribution in [-0.2, 0) is 19.9 Å². The van der Waals surface area contributed by atoms with Crippen LogP contribution < -0.4 is 0 Å². The predicted octanol–water partition coefficient (Wildman–Crippen LogP) is 1.43. The van der Waals surface area contributed by atoms with Crippen LogP contribution in [0.25, 0.3) is 0 Å². The standard InChI is InChI=1S/C15H15N3O4/c1-4-22-13(21)14-6-15(14,12(19)20)18-9(3)8(2)10(5-16)11(18)17-7-14/h7H,4,6H2,1-3H3,(H,19,20). The Labute approximate surface area is 126 Å². The van der Waals surface area contributed by atoms with Crippen LogP contribution in [0.1, 0.15) is 30.2 Å². The number of carbonyl (C=O) groups excluding carboxylic acids is 1. The molecule has 1 aliphatic heterocycles. The van der Waals surface area contributed by atoms with Crippen molar-refractivity contribution in [1.29, 1.82) is 5.26 Å². The van der Waals surface area contributed by atoms with Gasteiger partial charge in [-0.05, 0) is 26.3 Å². The van der Waals surface area contributed by atoms with Crippen molar-refractivity contribution in [3.63, 3.8) is 0 Å². The Kier molecular flexibility index (Phi) is 2.73. The van der Waals surface area contributed by atoms with E-state index in [2.05, 4.69) is 11.1 Å². The number of rotatable bonds is 3. The van der Waals surface area contributed by atoms with Gasteiger partial charge in [-0.2, -0.15) is 5.26 Å². The Hall–Kier alpha value is -2.62. The lowest BCUT2D eigenvalue weighted by Crippen LogP contribution is -2.41. The lowest BCUT2D eigenvalue weighted by molar-refractivity contribution is -0.153. The highest BCUT2D eigenvalue weighted by Gasteiger charge is 2.80. The summed E-state index contributed by atoms with van der Waals surface area (Å²) >= 11 is 0. The van der Waals surface area contributed by atoms with Gasteiger partial charge in [-0.15, -0.1) is 0 Å². The van der Waals surface area contributed by atoms with Crippen LogP contribution in [0, 0.1) is 30.6 Å². The third-order valence-corrected chi connectivity index (χ3v) is 4.73. The average molecular weight is 301 g/mol. The van der Waals surface area contributed by atoms with Gasteiger partial charge in [0.25, 0.3) is 0 Å². The predicted molar refractivity (Wildman–Crippen MR) is 76.1 cm³/mol. The Balaban J connectivity index is 2.27. The minimum Gasteiger partial charge on any atom is -0.479 e. The second-order valence-corrected chi connectivity index (χ2v) is 5.65. The van der Waals surface area contributed by atoms with E-state index in [0.717, 1.165) is 0 Å². The maximum atomic E-state index is 12.3. The van der Waals surface area contributed by atoms with E-state index in [0.29, 0.717) is 22.6 Å². The summed E-state index contributed by atoms with van der Waals surface area (Å²) in [5.74, 6) is -1.40. The fourth-order valence-corrected chi connectivity index (χ4v) is 3.39. The Bertz CT molecular complexity index is 786. The molecule has 114 valence electrons. The number of nitrogens with zero attached hydrogens (tertiary/aromatic N) is 3. The molecule has 1 aromatic heterocycles. The molecule has 1 aromatic rings. The van der Waals surface area contributed by atoms with E-state index >= 15 is 0 Å². The van der Waals surface area contributed by atoms with Crippen LogP contribution in [0.3, 0.4) is 0 Å². The molecule has 7 heteroatoms. The fraction of sp³-hybridized carbons (Fsp3) is 0.467. The largest absolute Gasteiger partial charge is 0.479 e. The summed E-state index contributed by atoms with van der Waals surface area (Å²) in [7, 11) is 0. The zero-order valence-corrected chi connectivity index (χ0v) is 12.5. The molecule has 0 amide bonds. The van der Waals surface area contributed by atoms with Crippen molar-refractivity contribution in [2.45, 2.75) is 32.7 Å². The summed E-state index contributed by atoms with van der Waals surface area (Å²) in [6.07, 6.45) is 1.43. The molecular formula is C15H15N3O4. The third kappa shape index (κ3) is 1.32. The number of fused-ring (bicyclic) bond motifs is 3. The van der Waals surface area contributed by atoms with Crippen molar-refractivity contribution in [3.05, 3.63) is 16.8 Å². The molecule has 0 spiro atoms. The number of carbonyl (C=O) groups is 2. The van der Waals surface area contributed by atoms with Gasteiger partial charge in [0.2, 0.25) is 0 Å². The molecular weight excluding hydrogens is 286 g/mol. The zero-order valence-electron chi connectivity index (χ0n) is 12.5. The average Bonchev–Trinajstić information content (AvgIpc) is 3.13. The van der Waals surface area contributed by atoms with E-state index in [4.69, 9.17) is 4.74 Å². The minimum atomic E-state index is -1.44. The molecule has 2 aliphatic rings. The molecule has 3 rings (SSSR count). The van der Waals surface area contributed by atoms with Crippen molar-refractivity contribution < 1.29 is 19.4 Å². The molecule has 22 heavy (non-hydrogen) atoms. The van der Waals surface area contributed by atoms with Gasteiger partial charge < -0.3 is 14.4 Å². The smallest absolute Gasteiger partial charge is 0.331 e. The van der Waals surface area contributed by atoms with Crippen LogP contribution in [-0.4, -0.2) is 34.4 Å². The van der Waals surface area contributed by atoms with Crippen LogP contribution >= 0.6 is 0 Å². The SMILES string of the molecule is CCOC(=O)C12C=Nc3c(C#N)c(C)c(C)n3C1(C(=O)O)C2. The summed E-state index contributed by atoms with van der Waals surface area (Å²) in [4.78, 5) is 28.5. The van der Waals surface area contributed by atoms with Gasteiger partial charge in [0.1, 0.15) is 11.5 Å². The summed E-state index contributed by atoms with van der Waals surface area (Å²) in [6.45, 7) is 5.33. The highest BCUT2D eigenvalue weighted by Crippen LogP contribution is 2.65. The topological polar surface area (TPSA) is 105 Å². The monoisotopic (exact) mass is 301 g/mol. The van der Waals surface area contributed by atoms with Gasteiger partial charge in [-0.3, -0.25) is 4.79 Å². The van der Waals surface area contributed by atoms with Crippen LogP contribution in [0.4, 0.5) is 5.82 Å². The summed E-state index contributed by atoms with van der Waals surface area (Å²) in [5.41, 5.74) is -1.07. The number of hydrogen-bond acceptors (Lipinski definition) is 5. The molecule has 2 heterocycles. The molecule has 0 radical (unpaired) electrons. The van der Waals surface area contributed by atoms with Crippen molar-refractivity contribution in [3.8, 4) is 6.07 Å². The molecule has 0 saturated heterocycles. The number of carboxylic acid groups (broad SMARTS) is 1. The molecule has 1 aliphatic carbocycles.